The van der Waals surface area contributed by atoms with E-state index in [2.05, 4.69) is 15.9 Å². The first-order valence-electron chi connectivity index (χ1n) is 5.56. The van der Waals surface area contributed by atoms with Gasteiger partial charge in [0, 0.05) is 21.3 Å². The molecular weight excluding hydrogens is 448 g/mol. The minimum absolute atomic E-state index is 0.109. The van der Waals surface area contributed by atoms with Gasteiger partial charge in [-0.05, 0) is 40.3 Å². The van der Waals surface area contributed by atoms with Gasteiger partial charge in [0.05, 0.1) is 11.9 Å². The van der Waals surface area contributed by atoms with Gasteiger partial charge in [-0.25, -0.2) is 13.2 Å². The molecule has 106 valence electrons. The SMILES string of the molecule is COc1cc(F)c(C(Br)c2ccc(F)cc2I)c(F)c1. The summed E-state index contributed by atoms with van der Waals surface area (Å²) in [6, 6.07) is 6.29. The van der Waals surface area contributed by atoms with E-state index in [1.165, 1.54) is 25.3 Å². The lowest BCUT2D eigenvalue weighted by Gasteiger charge is -2.15. The topological polar surface area (TPSA) is 9.23 Å². The fraction of sp³-hybridized carbons (Fsp3) is 0.143. The Hall–Kier alpha value is -0.760. The number of alkyl halides is 1. The summed E-state index contributed by atoms with van der Waals surface area (Å²) >= 11 is 5.20. The van der Waals surface area contributed by atoms with Crippen molar-refractivity contribution in [1.82, 2.24) is 0 Å². The third-order valence-electron chi connectivity index (χ3n) is 2.78. The fourth-order valence-electron chi connectivity index (χ4n) is 1.78. The van der Waals surface area contributed by atoms with Crippen molar-refractivity contribution in [2.45, 2.75) is 4.83 Å². The highest BCUT2D eigenvalue weighted by Gasteiger charge is 2.22. The van der Waals surface area contributed by atoms with Crippen LogP contribution in [0.15, 0.2) is 30.3 Å². The molecule has 1 unspecified atom stereocenters. The molecule has 0 radical (unpaired) electrons. The Balaban J connectivity index is 2.50. The van der Waals surface area contributed by atoms with Crippen molar-refractivity contribution in [2.24, 2.45) is 0 Å². The summed E-state index contributed by atoms with van der Waals surface area (Å²) in [5.74, 6) is -1.72. The van der Waals surface area contributed by atoms with Crippen molar-refractivity contribution in [2.75, 3.05) is 7.11 Å². The van der Waals surface area contributed by atoms with Gasteiger partial charge in [-0.3, -0.25) is 0 Å². The lowest BCUT2D eigenvalue weighted by atomic mass is 10.0. The van der Waals surface area contributed by atoms with Crippen LogP contribution in [0.25, 0.3) is 0 Å². The van der Waals surface area contributed by atoms with Crippen LogP contribution in [0.4, 0.5) is 13.2 Å². The minimum Gasteiger partial charge on any atom is -0.497 e. The van der Waals surface area contributed by atoms with Gasteiger partial charge in [-0.2, -0.15) is 0 Å². The number of hydrogen-bond donors (Lipinski definition) is 0. The van der Waals surface area contributed by atoms with Crippen LogP contribution >= 0.6 is 38.5 Å². The average molecular weight is 457 g/mol. The van der Waals surface area contributed by atoms with E-state index in [9.17, 15) is 13.2 Å². The predicted octanol–water partition coefficient (Wildman–Crippen LogP) is 5.20. The average Bonchev–Trinajstić information content (AvgIpc) is 2.37. The Kier molecular flexibility index (Phi) is 4.95. The van der Waals surface area contributed by atoms with Gasteiger partial charge >= 0.3 is 0 Å². The highest BCUT2D eigenvalue weighted by Crippen LogP contribution is 2.37. The molecule has 2 aromatic rings. The van der Waals surface area contributed by atoms with Crippen molar-refractivity contribution in [3.8, 4) is 5.75 Å². The van der Waals surface area contributed by atoms with Gasteiger partial charge in [0.1, 0.15) is 23.2 Å². The zero-order valence-corrected chi connectivity index (χ0v) is 14.0. The van der Waals surface area contributed by atoms with Crippen LogP contribution in [-0.2, 0) is 0 Å². The summed E-state index contributed by atoms with van der Waals surface area (Å²) in [6.45, 7) is 0. The third kappa shape index (κ3) is 3.11. The van der Waals surface area contributed by atoms with E-state index < -0.39 is 22.3 Å². The summed E-state index contributed by atoms with van der Waals surface area (Å²) in [4.78, 5) is -0.707. The summed E-state index contributed by atoms with van der Waals surface area (Å²) in [5, 5.41) is 0. The summed E-state index contributed by atoms with van der Waals surface area (Å²) in [7, 11) is 1.34. The van der Waals surface area contributed by atoms with Gasteiger partial charge in [0.25, 0.3) is 0 Å². The Morgan fingerprint density at radius 1 is 1.10 bits per heavy atom. The molecule has 1 nitrogen and oxygen atoms in total. The Morgan fingerprint density at radius 3 is 2.20 bits per heavy atom. The molecule has 1 atom stereocenters. The number of benzene rings is 2. The van der Waals surface area contributed by atoms with Crippen LogP contribution in [0, 0.1) is 21.0 Å². The molecule has 0 aliphatic heterocycles. The number of methoxy groups -OCH3 is 1. The highest BCUT2D eigenvalue weighted by molar-refractivity contribution is 14.1. The second kappa shape index (κ2) is 6.34. The number of halogens is 5. The van der Waals surface area contributed by atoms with Gasteiger partial charge < -0.3 is 4.74 Å². The monoisotopic (exact) mass is 456 g/mol. The normalized spacial score (nSPS) is 12.3. The molecule has 6 heteroatoms. The van der Waals surface area contributed by atoms with Gasteiger partial charge in [0.15, 0.2) is 0 Å². The summed E-state index contributed by atoms with van der Waals surface area (Å²) in [5.41, 5.74) is 0.463. The zero-order chi connectivity index (χ0) is 14.9. The first-order chi connectivity index (χ1) is 9.43. The largest absolute Gasteiger partial charge is 0.497 e. The quantitative estimate of drug-likeness (QED) is 0.455. The second-order valence-corrected chi connectivity index (χ2v) is 6.11. The minimum atomic E-state index is -0.719. The van der Waals surface area contributed by atoms with Crippen molar-refractivity contribution in [1.29, 1.82) is 0 Å². The standard InChI is InChI=1S/C14H9BrF3IO/c1-20-8-5-10(17)13(11(18)6-8)14(15)9-3-2-7(16)4-12(9)19/h2-6,14H,1H3. The van der Waals surface area contributed by atoms with Crippen LogP contribution in [0.1, 0.15) is 16.0 Å². The molecule has 0 bridgehead atoms. The van der Waals surface area contributed by atoms with Gasteiger partial charge in [-0.15, -0.1) is 0 Å². The molecule has 0 aliphatic rings. The van der Waals surface area contributed by atoms with Crippen molar-refractivity contribution in [3.05, 3.63) is 62.5 Å². The van der Waals surface area contributed by atoms with E-state index >= 15 is 0 Å². The molecule has 20 heavy (non-hydrogen) atoms. The number of rotatable bonds is 3. The number of ether oxygens (including phenoxy) is 1. The van der Waals surface area contributed by atoms with Gasteiger partial charge in [-0.1, -0.05) is 22.0 Å². The Labute approximate surface area is 136 Å². The van der Waals surface area contributed by atoms with Crippen LogP contribution in [0.5, 0.6) is 5.75 Å². The molecule has 0 heterocycles. The molecule has 2 aromatic carbocycles. The summed E-state index contributed by atoms with van der Waals surface area (Å²) in [6.07, 6.45) is 0. The van der Waals surface area contributed by atoms with Crippen LogP contribution in [0.2, 0.25) is 0 Å². The fourth-order valence-corrected chi connectivity index (χ4v) is 3.84. The summed E-state index contributed by atoms with van der Waals surface area (Å²) < 4.78 is 46.5. The molecule has 0 aliphatic carbocycles. The second-order valence-electron chi connectivity index (χ2n) is 4.03. The van der Waals surface area contributed by atoms with E-state index in [1.54, 1.807) is 0 Å². The van der Waals surface area contributed by atoms with Gasteiger partial charge in [0.2, 0.25) is 0 Å². The van der Waals surface area contributed by atoms with Crippen molar-refractivity contribution < 1.29 is 17.9 Å². The van der Waals surface area contributed by atoms with Crippen molar-refractivity contribution >= 4 is 38.5 Å². The van der Waals surface area contributed by atoms with Crippen molar-refractivity contribution in [3.63, 3.8) is 0 Å². The molecule has 0 amide bonds. The first-order valence-corrected chi connectivity index (χ1v) is 7.55. The predicted molar refractivity (Wildman–Crippen MR) is 82.8 cm³/mol. The zero-order valence-electron chi connectivity index (χ0n) is 10.3. The van der Waals surface area contributed by atoms with Crippen LogP contribution in [-0.4, -0.2) is 7.11 Å². The Morgan fingerprint density at radius 2 is 1.70 bits per heavy atom. The maximum absolute atomic E-state index is 14.0. The van der Waals surface area contributed by atoms with E-state index in [-0.39, 0.29) is 11.3 Å². The smallest absolute Gasteiger partial charge is 0.134 e. The molecule has 2 rings (SSSR count). The molecule has 0 aromatic heterocycles. The molecule has 0 saturated heterocycles. The number of hydrogen-bond acceptors (Lipinski definition) is 1. The van der Waals surface area contributed by atoms with Crippen LogP contribution in [0.3, 0.4) is 0 Å². The molecular formula is C14H9BrF3IO. The van der Waals surface area contributed by atoms with E-state index in [1.807, 2.05) is 22.6 Å². The lowest BCUT2D eigenvalue weighted by Crippen LogP contribution is -2.03. The van der Waals surface area contributed by atoms with E-state index in [0.717, 1.165) is 12.1 Å². The maximum Gasteiger partial charge on any atom is 0.134 e. The first kappa shape index (κ1) is 15.6. The third-order valence-corrected chi connectivity index (χ3v) is 4.66. The molecule has 0 N–H and O–H groups in total. The molecule has 0 spiro atoms. The van der Waals surface area contributed by atoms with E-state index in [0.29, 0.717) is 9.13 Å². The van der Waals surface area contributed by atoms with Crippen LogP contribution < -0.4 is 4.74 Å². The molecule has 0 fully saturated rings. The van der Waals surface area contributed by atoms with E-state index in [4.69, 9.17) is 4.74 Å². The Bertz CT molecular complexity index is 625. The lowest BCUT2D eigenvalue weighted by molar-refractivity contribution is 0.405. The maximum atomic E-state index is 14.0. The molecule has 0 saturated carbocycles. The highest BCUT2D eigenvalue weighted by atomic mass is 127.